The molecule has 3 aromatic rings. The van der Waals surface area contributed by atoms with Gasteiger partial charge < -0.3 is 0 Å². The fourth-order valence-corrected chi connectivity index (χ4v) is 8.57. The van der Waals surface area contributed by atoms with Gasteiger partial charge in [0.2, 0.25) is 0 Å². The fourth-order valence-electron chi connectivity index (χ4n) is 3.64. The average molecular weight is 416 g/mol. The minimum absolute atomic E-state index is 0. The molecule has 0 aliphatic rings. The topological polar surface area (TPSA) is 26.0 Å². The van der Waals surface area contributed by atoms with Crippen LogP contribution in [0.3, 0.4) is 0 Å². The van der Waals surface area contributed by atoms with Gasteiger partial charge in [-0.2, -0.15) is 0 Å². The zero-order valence-electron chi connectivity index (χ0n) is 14.5. The fraction of sp³-hybridized carbons (Fsp3) is 0.182. The quantitative estimate of drug-likeness (QED) is 0.457. The van der Waals surface area contributed by atoms with Crippen molar-refractivity contribution >= 4 is 40.2 Å². The van der Waals surface area contributed by atoms with Crippen LogP contribution < -0.4 is 21.6 Å². The summed E-state index contributed by atoms with van der Waals surface area (Å²) in [5, 5.41) is 4.46. The Hall–Kier alpha value is -1.47. The molecule has 0 aromatic heterocycles. The molecule has 0 fully saturated rings. The van der Waals surface area contributed by atoms with E-state index in [0.29, 0.717) is 0 Å². The average Bonchev–Trinajstić information content (AvgIpc) is 2.68. The third kappa shape index (κ3) is 4.39. The maximum absolute atomic E-state index is 5.79. The molecule has 132 valence electrons. The molecule has 3 aromatic carbocycles. The molecule has 0 amide bonds. The zero-order valence-corrected chi connectivity index (χ0v) is 17.2. The molecule has 0 saturated heterocycles. The van der Waals surface area contributed by atoms with E-state index >= 15 is 0 Å². The van der Waals surface area contributed by atoms with Crippen LogP contribution in [0.4, 0.5) is 0 Å². The summed E-state index contributed by atoms with van der Waals surface area (Å²) in [6, 6.07) is 33.2. The number of hydrogen-bond acceptors (Lipinski definition) is 1. The Morgan fingerprint density at radius 3 is 1.24 bits per heavy atom. The summed E-state index contributed by atoms with van der Waals surface area (Å²) >= 11 is 0. The van der Waals surface area contributed by atoms with E-state index in [1.54, 1.807) is 0 Å². The van der Waals surface area contributed by atoms with E-state index in [-0.39, 0.29) is 17.0 Å². The number of hydrogen-bond donors (Lipinski definition) is 1. The van der Waals surface area contributed by atoms with Gasteiger partial charge in [0, 0.05) is 0 Å². The van der Waals surface area contributed by atoms with Crippen LogP contribution in [0, 0.1) is 0 Å². The molecule has 25 heavy (non-hydrogen) atoms. The molecule has 0 aliphatic heterocycles. The van der Waals surface area contributed by atoms with Crippen LogP contribution in [-0.4, -0.2) is 12.7 Å². The summed E-state index contributed by atoms with van der Waals surface area (Å²) in [4.78, 5) is 0. The van der Waals surface area contributed by atoms with Gasteiger partial charge in [0.05, 0.1) is 0 Å². The van der Waals surface area contributed by atoms with Gasteiger partial charge in [0.25, 0.3) is 0 Å². The first-order valence-electron chi connectivity index (χ1n) is 8.74. The summed E-state index contributed by atoms with van der Waals surface area (Å²) < 4.78 is 0. The van der Waals surface area contributed by atoms with Crippen LogP contribution in [0.1, 0.15) is 12.8 Å². The van der Waals surface area contributed by atoms with E-state index in [4.69, 9.17) is 5.73 Å². The Labute approximate surface area is 162 Å². The SMILES string of the molecule is Br.NCCCC[PH](c1ccccc1)(c1ccccc1)c1ccccc1. The predicted octanol–water partition coefficient (Wildman–Crippen LogP) is 4.03. The number of halogens is 1. The van der Waals surface area contributed by atoms with Crippen molar-refractivity contribution in [3.63, 3.8) is 0 Å². The Kier molecular flexibility index (Phi) is 7.84. The van der Waals surface area contributed by atoms with Crippen molar-refractivity contribution in [3.8, 4) is 0 Å². The van der Waals surface area contributed by atoms with Crippen molar-refractivity contribution in [2.45, 2.75) is 12.8 Å². The second-order valence-corrected chi connectivity index (χ2v) is 10.3. The summed E-state index contributed by atoms with van der Waals surface area (Å²) in [6.45, 7) is 0.767. The van der Waals surface area contributed by atoms with Crippen LogP contribution in [0.5, 0.6) is 0 Å². The first kappa shape index (κ1) is 19.8. The van der Waals surface area contributed by atoms with Gasteiger partial charge >= 0.3 is 145 Å². The van der Waals surface area contributed by atoms with Crippen molar-refractivity contribution in [1.82, 2.24) is 0 Å². The second-order valence-electron chi connectivity index (χ2n) is 6.25. The van der Waals surface area contributed by atoms with Crippen LogP contribution >= 0.6 is 24.2 Å². The van der Waals surface area contributed by atoms with Gasteiger partial charge in [-0.15, -0.1) is 17.0 Å². The molecule has 3 heteroatoms. The van der Waals surface area contributed by atoms with Crippen molar-refractivity contribution in [1.29, 1.82) is 0 Å². The van der Waals surface area contributed by atoms with Crippen LogP contribution in [-0.2, 0) is 0 Å². The number of rotatable bonds is 7. The van der Waals surface area contributed by atoms with Crippen molar-refractivity contribution in [2.75, 3.05) is 12.7 Å². The molecule has 2 N–H and O–H groups in total. The second kappa shape index (κ2) is 9.87. The Bertz CT molecular complexity index is 635. The van der Waals surface area contributed by atoms with Gasteiger partial charge in [-0.25, -0.2) is 0 Å². The molecule has 3 rings (SSSR count). The molecule has 0 unspecified atom stereocenters. The van der Waals surface area contributed by atoms with Gasteiger partial charge in [0.1, 0.15) is 0 Å². The van der Waals surface area contributed by atoms with Gasteiger partial charge in [-0.1, -0.05) is 0 Å². The molecule has 0 saturated carbocycles. The maximum atomic E-state index is 5.79. The van der Waals surface area contributed by atoms with Gasteiger partial charge in [0.15, 0.2) is 0 Å². The first-order chi connectivity index (χ1) is 11.9. The third-order valence-electron chi connectivity index (χ3n) is 4.81. The van der Waals surface area contributed by atoms with E-state index in [1.807, 2.05) is 0 Å². The Morgan fingerprint density at radius 1 is 0.560 bits per heavy atom. The normalized spacial score (nSPS) is 11.6. The first-order valence-corrected chi connectivity index (χ1v) is 11.0. The molecule has 0 aliphatic carbocycles. The van der Waals surface area contributed by atoms with Crippen molar-refractivity contribution in [3.05, 3.63) is 91.0 Å². The molecular weight excluding hydrogens is 389 g/mol. The Balaban J connectivity index is 0.00000225. The van der Waals surface area contributed by atoms with Gasteiger partial charge in [-0.05, 0) is 0 Å². The molecule has 0 bridgehead atoms. The third-order valence-corrected chi connectivity index (χ3v) is 9.87. The summed E-state index contributed by atoms with van der Waals surface area (Å²) in [7, 11) is -2.02. The summed E-state index contributed by atoms with van der Waals surface area (Å²) in [5.74, 6) is 0. The number of nitrogens with two attached hydrogens (primary N) is 1. The summed E-state index contributed by atoms with van der Waals surface area (Å²) in [5.41, 5.74) is 5.79. The summed E-state index contributed by atoms with van der Waals surface area (Å²) in [6.07, 6.45) is 3.45. The van der Waals surface area contributed by atoms with E-state index < -0.39 is 7.26 Å². The van der Waals surface area contributed by atoms with Gasteiger partial charge in [-0.3, -0.25) is 0 Å². The molecule has 0 spiro atoms. The van der Waals surface area contributed by atoms with Crippen LogP contribution in [0.25, 0.3) is 0 Å². The molecule has 0 heterocycles. The zero-order chi connectivity index (χ0) is 16.7. The predicted molar refractivity (Wildman–Crippen MR) is 120 cm³/mol. The van der Waals surface area contributed by atoms with E-state index in [2.05, 4.69) is 91.0 Å². The molecule has 0 atom stereocenters. The minimum atomic E-state index is -2.02. The Morgan fingerprint density at radius 2 is 0.920 bits per heavy atom. The number of unbranched alkanes of at least 4 members (excludes halogenated alkanes) is 1. The van der Waals surface area contributed by atoms with Crippen molar-refractivity contribution in [2.24, 2.45) is 5.73 Å². The molecule has 0 radical (unpaired) electrons. The van der Waals surface area contributed by atoms with Crippen molar-refractivity contribution < 1.29 is 0 Å². The van der Waals surface area contributed by atoms with E-state index in [1.165, 1.54) is 28.5 Å². The van der Waals surface area contributed by atoms with E-state index in [9.17, 15) is 0 Å². The van der Waals surface area contributed by atoms with Crippen LogP contribution in [0.15, 0.2) is 91.0 Å². The number of benzene rings is 3. The molecular formula is C22H27BrNP. The monoisotopic (exact) mass is 415 g/mol. The van der Waals surface area contributed by atoms with Crippen LogP contribution in [0.2, 0.25) is 0 Å². The molecule has 1 nitrogen and oxygen atoms in total. The van der Waals surface area contributed by atoms with E-state index in [0.717, 1.165) is 13.0 Å². The standard InChI is InChI=1S/C22H26NP.BrH/c23-18-10-11-19-24(20-12-4-1-5-13-20,21-14-6-2-7-15-21)22-16-8-3-9-17-22;/h1-9,12-17,24H,10-11,18-19,23H2;1H.